The SMILES string of the molecule is COC(=O)C(C(=O)OC)=C(N)CC[C@H](NC(=O)OCc1ccccc1)C(=O)OC(C)(C)C. The van der Waals surface area contributed by atoms with Crippen molar-refractivity contribution in [2.75, 3.05) is 14.2 Å². The third-order valence-electron chi connectivity index (χ3n) is 4.00. The van der Waals surface area contributed by atoms with E-state index < -0.39 is 41.2 Å². The first-order valence-electron chi connectivity index (χ1n) is 9.83. The van der Waals surface area contributed by atoms with Crippen LogP contribution in [0.25, 0.3) is 0 Å². The van der Waals surface area contributed by atoms with Crippen LogP contribution < -0.4 is 11.1 Å². The maximum absolute atomic E-state index is 12.6. The normalized spacial score (nSPS) is 11.5. The van der Waals surface area contributed by atoms with Gasteiger partial charge in [0.1, 0.15) is 18.2 Å². The summed E-state index contributed by atoms with van der Waals surface area (Å²) in [5.74, 6) is -2.67. The molecule has 0 saturated carbocycles. The summed E-state index contributed by atoms with van der Waals surface area (Å²) in [5.41, 5.74) is 5.21. The summed E-state index contributed by atoms with van der Waals surface area (Å²) in [6.45, 7) is 5.04. The fraction of sp³-hybridized carbons (Fsp3) is 0.455. The van der Waals surface area contributed by atoms with E-state index in [0.29, 0.717) is 0 Å². The number of carbonyl (C=O) groups is 4. The lowest BCUT2D eigenvalue weighted by molar-refractivity contribution is -0.157. The molecule has 10 nitrogen and oxygen atoms in total. The van der Waals surface area contributed by atoms with Gasteiger partial charge in [0.25, 0.3) is 0 Å². The highest BCUT2D eigenvalue weighted by Gasteiger charge is 2.29. The smallest absolute Gasteiger partial charge is 0.408 e. The number of methoxy groups -OCH3 is 2. The van der Waals surface area contributed by atoms with Crippen molar-refractivity contribution in [2.24, 2.45) is 5.73 Å². The van der Waals surface area contributed by atoms with Crippen LogP contribution in [-0.4, -0.2) is 49.9 Å². The third-order valence-corrected chi connectivity index (χ3v) is 4.00. The van der Waals surface area contributed by atoms with Crippen LogP contribution in [0.5, 0.6) is 0 Å². The molecule has 3 N–H and O–H groups in total. The van der Waals surface area contributed by atoms with E-state index in [1.54, 1.807) is 45.0 Å². The number of nitrogens with two attached hydrogens (primary N) is 1. The van der Waals surface area contributed by atoms with Crippen molar-refractivity contribution in [1.29, 1.82) is 0 Å². The molecule has 1 aromatic rings. The molecule has 0 aliphatic heterocycles. The molecule has 1 amide bonds. The van der Waals surface area contributed by atoms with Crippen LogP contribution in [0.4, 0.5) is 4.79 Å². The Morgan fingerprint density at radius 3 is 2.06 bits per heavy atom. The highest BCUT2D eigenvalue weighted by atomic mass is 16.6. The van der Waals surface area contributed by atoms with E-state index >= 15 is 0 Å². The molecule has 0 bridgehead atoms. The number of amides is 1. The minimum Gasteiger partial charge on any atom is -0.465 e. The molecule has 0 aliphatic rings. The Morgan fingerprint density at radius 1 is 1.00 bits per heavy atom. The van der Waals surface area contributed by atoms with Crippen LogP contribution in [0.2, 0.25) is 0 Å². The van der Waals surface area contributed by atoms with Gasteiger partial charge in [0, 0.05) is 5.70 Å². The van der Waals surface area contributed by atoms with E-state index in [1.807, 2.05) is 6.07 Å². The number of alkyl carbamates (subject to hydrolysis) is 1. The molecule has 1 rings (SSSR count). The van der Waals surface area contributed by atoms with Gasteiger partial charge in [-0.25, -0.2) is 19.2 Å². The highest BCUT2D eigenvalue weighted by Crippen LogP contribution is 2.15. The lowest BCUT2D eigenvalue weighted by atomic mass is 10.1. The molecule has 0 fully saturated rings. The molecule has 0 unspecified atom stereocenters. The van der Waals surface area contributed by atoms with Crippen molar-refractivity contribution in [1.82, 2.24) is 5.32 Å². The Balaban J connectivity index is 2.94. The monoisotopic (exact) mass is 450 g/mol. The first-order valence-corrected chi connectivity index (χ1v) is 9.83. The lowest BCUT2D eigenvalue weighted by Crippen LogP contribution is -2.44. The number of nitrogens with one attached hydrogen (secondary N) is 1. The van der Waals surface area contributed by atoms with E-state index in [4.69, 9.17) is 15.2 Å². The van der Waals surface area contributed by atoms with Crippen molar-refractivity contribution in [3.8, 4) is 0 Å². The second kappa shape index (κ2) is 12.3. The average Bonchev–Trinajstić information content (AvgIpc) is 2.74. The van der Waals surface area contributed by atoms with Crippen molar-refractivity contribution in [3.63, 3.8) is 0 Å². The molecule has 1 aromatic carbocycles. The molecule has 0 heterocycles. The van der Waals surface area contributed by atoms with Gasteiger partial charge in [0.2, 0.25) is 0 Å². The largest absolute Gasteiger partial charge is 0.465 e. The minimum atomic E-state index is -1.15. The first kappa shape index (κ1) is 26.5. The first-order chi connectivity index (χ1) is 15.0. The quantitative estimate of drug-likeness (QED) is 0.190. The van der Waals surface area contributed by atoms with Gasteiger partial charge in [-0.2, -0.15) is 0 Å². The van der Waals surface area contributed by atoms with Crippen LogP contribution in [0, 0.1) is 0 Å². The number of allylic oxidation sites excluding steroid dienone is 1. The highest BCUT2D eigenvalue weighted by molar-refractivity contribution is 6.14. The Morgan fingerprint density at radius 2 is 1.56 bits per heavy atom. The van der Waals surface area contributed by atoms with Gasteiger partial charge in [0.05, 0.1) is 14.2 Å². The summed E-state index contributed by atoms with van der Waals surface area (Å²) in [6.07, 6.45) is -1.02. The maximum atomic E-state index is 12.6. The summed E-state index contributed by atoms with van der Waals surface area (Å²) in [7, 11) is 2.18. The van der Waals surface area contributed by atoms with Gasteiger partial charge < -0.3 is 30.0 Å². The summed E-state index contributed by atoms with van der Waals surface area (Å²) >= 11 is 0. The van der Waals surface area contributed by atoms with E-state index in [9.17, 15) is 19.2 Å². The fourth-order valence-corrected chi connectivity index (χ4v) is 2.50. The van der Waals surface area contributed by atoms with E-state index in [0.717, 1.165) is 19.8 Å². The molecule has 1 atom stereocenters. The van der Waals surface area contributed by atoms with Gasteiger partial charge in [-0.1, -0.05) is 30.3 Å². The number of benzene rings is 1. The zero-order chi connectivity index (χ0) is 24.3. The van der Waals surface area contributed by atoms with Crippen LogP contribution in [0.15, 0.2) is 41.6 Å². The van der Waals surface area contributed by atoms with Crippen molar-refractivity contribution >= 4 is 24.0 Å². The van der Waals surface area contributed by atoms with Gasteiger partial charge in [0.15, 0.2) is 5.57 Å². The Labute approximate surface area is 187 Å². The number of hydrogen-bond acceptors (Lipinski definition) is 9. The second-order valence-corrected chi connectivity index (χ2v) is 7.71. The topological polar surface area (TPSA) is 143 Å². The van der Waals surface area contributed by atoms with Gasteiger partial charge in [-0.3, -0.25) is 0 Å². The van der Waals surface area contributed by atoms with Crippen molar-refractivity contribution in [3.05, 3.63) is 47.2 Å². The number of ether oxygens (including phenoxy) is 4. The summed E-state index contributed by atoms with van der Waals surface area (Å²) < 4.78 is 19.6. The standard InChI is InChI=1S/C22H30N2O8/c1-22(2,3)32-18(25)16(24-21(28)31-13-14-9-7-6-8-10-14)12-11-15(23)17(19(26)29-4)20(27)30-5/h6-10,16H,11-13,23H2,1-5H3,(H,24,28)/t16-/m0/s1. The Bertz CT molecular complexity index is 825. The molecule has 176 valence electrons. The third kappa shape index (κ3) is 9.07. The average molecular weight is 450 g/mol. The predicted octanol–water partition coefficient (Wildman–Crippen LogP) is 1.96. The van der Waals surface area contributed by atoms with Crippen LogP contribution in [-0.2, 0) is 39.9 Å². The molecular formula is C22H30N2O8. The number of carbonyl (C=O) groups excluding carboxylic acids is 4. The minimum absolute atomic E-state index is 0.00455. The predicted molar refractivity (Wildman–Crippen MR) is 114 cm³/mol. The second-order valence-electron chi connectivity index (χ2n) is 7.71. The Kier molecular flexibility index (Phi) is 10.2. The zero-order valence-corrected chi connectivity index (χ0v) is 18.9. The molecule has 0 saturated heterocycles. The number of hydrogen-bond donors (Lipinski definition) is 2. The molecule has 32 heavy (non-hydrogen) atoms. The molecule has 0 radical (unpaired) electrons. The van der Waals surface area contributed by atoms with Gasteiger partial charge in [-0.05, 0) is 39.2 Å². The van der Waals surface area contributed by atoms with Crippen LogP contribution >= 0.6 is 0 Å². The summed E-state index contributed by atoms with van der Waals surface area (Å²) in [5, 5.41) is 2.44. The summed E-state index contributed by atoms with van der Waals surface area (Å²) in [6, 6.07) is 7.85. The van der Waals surface area contributed by atoms with Crippen molar-refractivity contribution in [2.45, 2.75) is 51.9 Å². The molecule has 0 spiro atoms. The van der Waals surface area contributed by atoms with E-state index in [2.05, 4.69) is 14.8 Å². The fourth-order valence-electron chi connectivity index (χ4n) is 2.50. The maximum Gasteiger partial charge on any atom is 0.408 e. The van der Waals surface area contributed by atoms with Crippen LogP contribution in [0.1, 0.15) is 39.2 Å². The number of esters is 3. The molecule has 10 heteroatoms. The van der Waals surface area contributed by atoms with Gasteiger partial charge >= 0.3 is 24.0 Å². The van der Waals surface area contributed by atoms with Crippen LogP contribution in [0.3, 0.4) is 0 Å². The molecule has 0 aromatic heterocycles. The zero-order valence-electron chi connectivity index (χ0n) is 18.9. The van der Waals surface area contributed by atoms with E-state index in [1.165, 1.54) is 0 Å². The molecule has 0 aliphatic carbocycles. The molecular weight excluding hydrogens is 420 g/mol. The van der Waals surface area contributed by atoms with Gasteiger partial charge in [-0.15, -0.1) is 0 Å². The number of rotatable bonds is 9. The van der Waals surface area contributed by atoms with Crippen molar-refractivity contribution < 1.29 is 38.1 Å². The summed E-state index contributed by atoms with van der Waals surface area (Å²) in [4.78, 5) is 48.6. The lowest BCUT2D eigenvalue weighted by Gasteiger charge is -2.24. The van der Waals surface area contributed by atoms with E-state index in [-0.39, 0.29) is 25.1 Å². The Hall–Kier alpha value is -3.56.